The fraction of sp³-hybridized carbons (Fsp3) is 0.364. The van der Waals surface area contributed by atoms with Gasteiger partial charge >= 0.3 is 6.03 Å². The number of benzene rings is 1. The van der Waals surface area contributed by atoms with Gasteiger partial charge in [-0.1, -0.05) is 18.2 Å². The highest BCUT2D eigenvalue weighted by Gasteiger charge is 1.98. The molecule has 82 valence electrons. The first kappa shape index (κ1) is 11.5. The zero-order valence-corrected chi connectivity index (χ0v) is 8.70. The molecule has 0 radical (unpaired) electrons. The number of nitrogens with two attached hydrogens (primary N) is 1. The van der Waals surface area contributed by atoms with E-state index in [2.05, 4.69) is 10.6 Å². The van der Waals surface area contributed by atoms with E-state index in [0.717, 1.165) is 18.5 Å². The Bertz CT molecular complexity index is 287. The fourth-order valence-corrected chi connectivity index (χ4v) is 1.17. The average Bonchev–Trinajstić information content (AvgIpc) is 2.26. The number of urea groups is 1. The number of hydrogen-bond donors (Lipinski definition) is 3. The van der Waals surface area contributed by atoms with Crippen LogP contribution in [0.3, 0.4) is 0 Å². The van der Waals surface area contributed by atoms with Gasteiger partial charge in [0.05, 0.1) is 0 Å². The number of para-hydroxylation sites is 1. The van der Waals surface area contributed by atoms with Crippen LogP contribution in [-0.4, -0.2) is 19.1 Å². The zero-order valence-electron chi connectivity index (χ0n) is 8.70. The number of amides is 2. The molecule has 4 heteroatoms. The van der Waals surface area contributed by atoms with Crippen LogP contribution in [0.1, 0.15) is 12.8 Å². The van der Waals surface area contributed by atoms with Crippen LogP contribution in [0.25, 0.3) is 0 Å². The van der Waals surface area contributed by atoms with Gasteiger partial charge in [-0.25, -0.2) is 4.79 Å². The largest absolute Gasteiger partial charge is 0.338 e. The molecule has 0 atom stereocenters. The van der Waals surface area contributed by atoms with E-state index in [1.165, 1.54) is 0 Å². The summed E-state index contributed by atoms with van der Waals surface area (Å²) in [6, 6.07) is 9.19. The number of carbonyl (C=O) groups excluding carboxylic acids is 1. The first-order valence-corrected chi connectivity index (χ1v) is 5.13. The highest BCUT2D eigenvalue weighted by atomic mass is 16.2. The Hall–Kier alpha value is -1.55. The summed E-state index contributed by atoms with van der Waals surface area (Å²) in [6.45, 7) is 1.33. The van der Waals surface area contributed by atoms with Crippen molar-refractivity contribution in [2.75, 3.05) is 18.4 Å². The number of anilines is 1. The molecule has 0 saturated carbocycles. The molecule has 2 amide bonds. The Morgan fingerprint density at radius 2 is 1.93 bits per heavy atom. The Morgan fingerprint density at radius 3 is 2.60 bits per heavy atom. The maximum Gasteiger partial charge on any atom is 0.319 e. The van der Waals surface area contributed by atoms with Crippen LogP contribution in [-0.2, 0) is 0 Å². The summed E-state index contributed by atoms with van der Waals surface area (Å²) in [5.41, 5.74) is 6.14. The highest BCUT2D eigenvalue weighted by Crippen LogP contribution is 2.03. The second-order valence-electron chi connectivity index (χ2n) is 3.24. The average molecular weight is 207 g/mol. The molecule has 0 saturated heterocycles. The molecule has 0 spiro atoms. The number of carbonyl (C=O) groups is 1. The molecule has 4 N–H and O–H groups in total. The molecular formula is C11H17N3O. The van der Waals surface area contributed by atoms with Gasteiger partial charge in [-0.15, -0.1) is 0 Å². The van der Waals surface area contributed by atoms with Gasteiger partial charge in [0.15, 0.2) is 0 Å². The second kappa shape index (κ2) is 6.84. The standard InChI is InChI=1S/C11H17N3O/c12-8-4-5-9-13-11(15)14-10-6-2-1-3-7-10/h1-3,6-7H,4-5,8-9,12H2,(H2,13,14,15). The lowest BCUT2D eigenvalue weighted by atomic mass is 10.3. The molecule has 0 bridgehead atoms. The minimum absolute atomic E-state index is 0.168. The Kier molecular flexibility index (Phi) is 5.25. The topological polar surface area (TPSA) is 67.1 Å². The quantitative estimate of drug-likeness (QED) is 0.641. The molecule has 4 nitrogen and oxygen atoms in total. The van der Waals surface area contributed by atoms with Crippen molar-refractivity contribution in [3.8, 4) is 0 Å². The van der Waals surface area contributed by atoms with Crippen molar-refractivity contribution in [1.29, 1.82) is 0 Å². The zero-order chi connectivity index (χ0) is 10.9. The van der Waals surface area contributed by atoms with Gasteiger partial charge in [-0.2, -0.15) is 0 Å². The lowest BCUT2D eigenvalue weighted by Crippen LogP contribution is -2.29. The predicted molar refractivity (Wildman–Crippen MR) is 61.8 cm³/mol. The molecule has 0 heterocycles. The van der Waals surface area contributed by atoms with E-state index in [9.17, 15) is 4.79 Å². The summed E-state index contributed by atoms with van der Waals surface area (Å²) >= 11 is 0. The molecule has 1 aromatic carbocycles. The third kappa shape index (κ3) is 5.02. The summed E-state index contributed by atoms with van der Waals surface area (Å²) in [5, 5.41) is 5.50. The van der Waals surface area contributed by atoms with E-state index in [1.807, 2.05) is 30.3 Å². The SMILES string of the molecule is NCCCCNC(=O)Nc1ccccc1. The van der Waals surface area contributed by atoms with E-state index in [0.29, 0.717) is 13.1 Å². The lowest BCUT2D eigenvalue weighted by Gasteiger charge is -2.06. The van der Waals surface area contributed by atoms with Gasteiger partial charge < -0.3 is 16.4 Å². The van der Waals surface area contributed by atoms with Crippen molar-refractivity contribution < 1.29 is 4.79 Å². The lowest BCUT2D eigenvalue weighted by molar-refractivity contribution is 0.252. The van der Waals surface area contributed by atoms with E-state index >= 15 is 0 Å². The highest BCUT2D eigenvalue weighted by molar-refractivity contribution is 5.89. The predicted octanol–water partition coefficient (Wildman–Crippen LogP) is 1.55. The molecule has 0 aliphatic heterocycles. The van der Waals surface area contributed by atoms with Crippen LogP contribution >= 0.6 is 0 Å². The summed E-state index contributed by atoms with van der Waals surface area (Å²) in [5.74, 6) is 0. The maximum absolute atomic E-state index is 11.3. The van der Waals surface area contributed by atoms with Gasteiger partial charge in [-0.05, 0) is 31.5 Å². The third-order valence-electron chi connectivity index (χ3n) is 1.95. The monoisotopic (exact) mass is 207 g/mol. The van der Waals surface area contributed by atoms with E-state index in [-0.39, 0.29) is 6.03 Å². The van der Waals surface area contributed by atoms with Crippen LogP contribution in [0.4, 0.5) is 10.5 Å². The number of hydrogen-bond acceptors (Lipinski definition) is 2. The second-order valence-corrected chi connectivity index (χ2v) is 3.24. The smallest absolute Gasteiger partial charge is 0.319 e. The van der Waals surface area contributed by atoms with E-state index in [4.69, 9.17) is 5.73 Å². The van der Waals surface area contributed by atoms with Gasteiger partial charge in [-0.3, -0.25) is 0 Å². The van der Waals surface area contributed by atoms with Gasteiger partial charge in [0.25, 0.3) is 0 Å². The molecule has 0 aliphatic rings. The summed E-state index contributed by atoms with van der Waals surface area (Å²) in [7, 11) is 0. The Labute approximate surface area is 89.9 Å². The number of nitrogens with one attached hydrogen (secondary N) is 2. The van der Waals surface area contributed by atoms with Crippen LogP contribution in [0, 0.1) is 0 Å². The van der Waals surface area contributed by atoms with Crippen LogP contribution in [0.5, 0.6) is 0 Å². The van der Waals surface area contributed by atoms with Crippen molar-refractivity contribution in [1.82, 2.24) is 5.32 Å². The Morgan fingerprint density at radius 1 is 1.20 bits per heavy atom. The molecule has 0 fully saturated rings. The molecule has 0 aliphatic carbocycles. The minimum atomic E-state index is -0.168. The van der Waals surface area contributed by atoms with Gasteiger partial charge in [0.1, 0.15) is 0 Å². The van der Waals surface area contributed by atoms with E-state index in [1.54, 1.807) is 0 Å². The maximum atomic E-state index is 11.3. The van der Waals surface area contributed by atoms with E-state index < -0.39 is 0 Å². The third-order valence-corrected chi connectivity index (χ3v) is 1.95. The first-order chi connectivity index (χ1) is 7.33. The molecule has 1 rings (SSSR count). The summed E-state index contributed by atoms with van der Waals surface area (Å²) in [6.07, 6.45) is 1.85. The summed E-state index contributed by atoms with van der Waals surface area (Å²) < 4.78 is 0. The minimum Gasteiger partial charge on any atom is -0.338 e. The van der Waals surface area contributed by atoms with Crippen molar-refractivity contribution in [2.24, 2.45) is 5.73 Å². The van der Waals surface area contributed by atoms with Crippen LogP contribution in [0.15, 0.2) is 30.3 Å². The van der Waals surface area contributed by atoms with Crippen LogP contribution in [0.2, 0.25) is 0 Å². The van der Waals surface area contributed by atoms with Gasteiger partial charge in [0, 0.05) is 12.2 Å². The van der Waals surface area contributed by atoms with Crippen molar-refractivity contribution in [2.45, 2.75) is 12.8 Å². The van der Waals surface area contributed by atoms with Crippen molar-refractivity contribution in [3.05, 3.63) is 30.3 Å². The fourth-order valence-electron chi connectivity index (χ4n) is 1.17. The molecule has 0 aromatic heterocycles. The van der Waals surface area contributed by atoms with Crippen molar-refractivity contribution in [3.63, 3.8) is 0 Å². The number of unbranched alkanes of at least 4 members (excludes halogenated alkanes) is 1. The normalized spacial score (nSPS) is 9.67. The molecular weight excluding hydrogens is 190 g/mol. The van der Waals surface area contributed by atoms with Gasteiger partial charge in [0.2, 0.25) is 0 Å². The Balaban J connectivity index is 2.19. The first-order valence-electron chi connectivity index (χ1n) is 5.13. The molecule has 1 aromatic rings. The molecule has 0 unspecified atom stereocenters. The van der Waals surface area contributed by atoms with Crippen LogP contribution < -0.4 is 16.4 Å². The summed E-state index contributed by atoms with van der Waals surface area (Å²) in [4.78, 5) is 11.3. The number of rotatable bonds is 5. The van der Waals surface area contributed by atoms with Crippen molar-refractivity contribution >= 4 is 11.7 Å². The molecule has 15 heavy (non-hydrogen) atoms.